The number of pyridine rings is 1. The van der Waals surface area contributed by atoms with E-state index in [4.69, 9.17) is 5.73 Å². The molecule has 3 rings (SSSR count). The van der Waals surface area contributed by atoms with Crippen LogP contribution in [0, 0.1) is 10.1 Å². The smallest absolute Gasteiger partial charge is 0.357 e. The molecule has 0 aliphatic carbocycles. The molecule has 0 spiro atoms. The third-order valence-corrected chi connectivity index (χ3v) is 3.39. The molecule has 2 N–H and O–H groups in total. The Balaban J connectivity index is 2.58. The summed E-state index contributed by atoms with van der Waals surface area (Å²) in [6, 6.07) is 5.48. The number of nitrogens with zero attached hydrogens (tertiary/aromatic N) is 2. The Hall–Kier alpha value is -2.37. The van der Waals surface area contributed by atoms with Crippen LogP contribution in [-0.4, -0.2) is 9.49 Å². The number of aromatic nitrogens is 1. The van der Waals surface area contributed by atoms with Crippen molar-refractivity contribution in [3.63, 3.8) is 0 Å². The Bertz CT molecular complexity index is 733. The zero-order valence-corrected chi connectivity index (χ0v) is 9.55. The van der Waals surface area contributed by atoms with Crippen molar-refractivity contribution in [3.05, 3.63) is 44.2 Å². The van der Waals surface area contributed by atoms with Crippen LogP contribution in [0.25, 0.3) is 10.9 Å². The molecule has 92 valence electrons. The molecule has 0 bridgehead atoms. The summed E-state index contributed by atoms with van der Waals surface area (Å²) >= 11 is 0. The average molecular weight is 245 g/mol. The number of nitro groups is 1. The molecule has 0 unspecified atom stereocenters. The first-order valence-corrected chi connectivity index (χ1v) is 5.69. The van der Waals surface area contributed by atoms with E-state index in [0.29, 0.717) is 11.9 Å². The Morgan fingerprint density at radius 1 is 1.39 bits per heavy atom. The van der Waals surface area contributed by atoms with Gasteiger partial charge in [-0.2, -0.15) is 0 Å². The monoisotopic (exact) mass is 245 g/mol. The van der Waals surface area contributed by atoms with Gasteiger partial charge in [-0.3, -0.25) is 14.9 Å². The van der Waals surface area contributed by atoms with E-state index >= 15 is 0 Å². The van der Waals surface area contributed by atoms with E-state index in [-0.39, 0.29) is 5.69 Å². The van der Waals surface area contributed by atoms with Crippen LogP contribution in [0.3, 0.4) is 0 Å². The summed E-state index contributed by atoms with van der Waals surface area (Å²) in [7, 11) is 0. The van der Waals surface area contributed by atoms with Crippen molar-refractivity contribution < 1.29 is 4.92 Å². The van der Waals surface area contributed by atoms with Crippen LogP contribution in [-0.2, 0) is 13.0 Å². The van der Waals surface area contributed by atoms with Gasteiger partial charge in [0, 0.05) is 11.9 Å². The molecule has 6 nitrogen and oxygen atoms in total. The number of hydrogen-bond acceptors (Lipinski definition) is 4. The number of para-hydroxylation sites is 1. The molecule has 1 aromatic carbocycles. The van der Waals surface area contributed by atoms with E-state index in [1.807, 2.05) is 12.1 Å². The lowest BCUT2D eigenvalue weighted by Crippen LogP contribution is -2.27. The second-order valence-corrected chi connectivity index (χ2v) is 4.39. The zero-order valence-electron chi connectivity index (χ0n) is 9.55. The number of hydrogen-bond donors (Lipinski definition) is 1. The number of rotatable bonds is 1. The standard InChI is InChI=1S/C12H11N3O3/c13-9-8-5-1-3-7-4-2-6-14(10(7)8)12(16)11(9)15(17)18/h1,3,5H,2,4,6,13H2. The second-order valence-electron chi connectivity index (χ2n) is 4.39. The molecule has 0 amide bonds. The van der Waals surface area contributed by atoms with Gasteiger partial charge in [0.15, 0.2) is 0 Å². The lowest BCUT2D eigenvalue weighted by Gasteiger charge is -2.19. The van der Waals surface area contributed by atoms with Crippen LogP contribution < -0.4 is 11.3 Å². The Kier molecular flexibility index (Phi) is 2.13. The fraction of sp³-hybridized carbons (Fsp3) is 0.250. The maximum Gasteiger partial charge on any atom is 0.357 e. The lowest BCUT2D eigenvalue weighted by molar-refractivity contribution is -0.385. The summed E-state index contributed by atoms with van der Waals surface area (Å²) in [6.07, 6.45) is 1.68. The summed E-state index contributed by atoms with van der Waals surface area (Å²) in [5.74, 6) is 0. The first-order chi connectivity index (χ1) is 8.61. The molecule has 0 atom stereocenters. The van der Waals surface area contributed by atoms with Gasteiger partial charge in [0.25, 0.3) is 0 Å². The number of benzene rings is 1. The van der Waals surface area contributed by atoms with E-state index in [1.54, 1.807) is 6.07 Å². The van der Waals surface area contributed by atoms with Crippen LogP contribution >= 0.6 is 0 Å². The average Bonchev–Trinajstić information content (AvgIpc) is 2.35. The van der Waals surface area contributed by atoms with E-state index in [1.165, 1.54) is 4.57 Å². The highest BCUT2D eigenvalue weighted by molar-refractivity contribution is 5.96. The minimum absolute atomic E-state index is 0.0278. The Labute approximate surface area is 102 Å². The number of aryl methyl sites for hydroxylation is 2. The van der Waals surface area contributed by atoms with Gasteiger partial charge in [0.2, 0.25) is 0 Å². The number of nitrogen functional groups attached to an aromatic ring is 1. The third kappa shape index (κ3) is 1.25. The number of nitrogens with two attached hydrogens (primary N) is 1. The highest BCUT2D eigenvalue weighted by Gasteiger charge is 2.26. The van der Waals surface area contributed by atoms with Crippen molar-refractivity contribution >= 4 is 22.3 Å². The minimum atomic E-state index is -0.693. The van der Waals surface area contributed by atoms with Gasteiger partial charge in [-0.25, -0.2) is 0 Å². The Morgan fingerprint density at radius 3 is 2.89 bits per heavy atom. The predicted molar refractivity (Wildman–Crippen MR) is 67.6 cm³/mol. The molecule has 0 fully saturated rings. The van der Waals surface area contributed by atoms with E-state index in [0.717, 1.165) is 23.9 Å². The van der Waals surface area contributed by atoms with Crippen LogP contribution in [0.5, 0.6) is 0 Å². The fourth-order valence-corrected chi connectivity index (χ4v) is 2.62. The van der Waals surface area contributed by atoms with Crippen molar-refractivity contribution in [3.8, 4) is 0 Å². The van der Waals surface area contributed by atoms with E-state index in [2.05, 4.69) is 0 Å². The van der Waals surface area contributed by atoms with E-state index in [9.17, 15) is 14.9 Å². The van der Waals surface area contributed by atoms with Crippen molar-refractivity contribution in [1.82, 2.24) is 4.57 Å². The highest BCUT2D eigenvalue weighted by Crippen LogP contribution is 2.31. The van der Waals surface area contributed by atoms with Crippen LogP contribution in [0.2, 0.25) is 0 Å². The van der Waals surface area contributed by atoms with Crippen molar-refractivity contribution in [2.45, 2.75) is 19.4 Å². The summed E-state index contributed by atoms with van der Waals surface area (Å²) in [5, 5.41) is 11.6. The zero-order chi connectivity index (χ0) is 12.9. The molecule has 1 aromatic heterocycles. The molecule has 0 radical (unpaired) electrons. The van der Waals surface area contributed by atoms with E-state index < -0.39 is 16.2 Å². The molecular formula is C12H11N3O3. The fourth-order valence-electron chi connectivity index (χ4n) is 2.62. The molecule has 0 saturated heterocycles. The number of anilines is 1. The van der Waals surface area contributed by atoms with Gasteiger partial charge in [0.05, 0.1) is 10.4 Å². The lowest BCUT2D eigenvalue weighted by atomic mass is 10.00. The molecule has 1 aliphatic rings. The predicted octanol–water partition coefficient (Wildman–Crippen LogP) is 1.44. The van der Waals surface area contributed by atoms with Gasteiger partial charge in [-0.15, -0.1) is 0 Å². The molecule has 1 aliphatic heterocycles. The van der Waals surface area contributed by atoms with Crippen molar-refractivity contribution in [2.24, 2.45) is 0 Å². The summed E-state index contributed by atoms with van der Waals surface area (Å²) in [4.78, 5) is 22.4. The van der Waals surface area contributed by atoms with Gasteiger partial charge in [-0.1, -0.05) is 18.2 Å². The molecular weight excluding hydrogens is 234 g/mol. The summed E-state index contributed by atoms with van der Waals surface area (Å²) in [6.45, 7) is 0.507. The largest absolute Gasteiger partial charge is 0.392 e. The SMILES string of the molecule is Nc1c([N+](=O)[O-])c(=O)n2c3c(cccc13)CCC2. The van der Waals surface area contributed by atoms with Gasteiger partial charge in [-0.05, 0) is 18.4 Å². The van der Waals surface area contributed by atoms with Gasteiger partial charge in [0.1, 0.15) is 5.69 Å². The van der Waals surface area contributed by atoms with Gasteiger partial charge < -0.3 is 10.3 Å². The maximum absolute atomic E-state index is 12.1. The molecule has 18 heavy (non-hydrogen) atoms. The molecule has 2 aromatic rings. The molecule has 2 heterocycles. The van der Waals surface area contributed by atoms with Crippen molar-refractivity contribution in [1.29, 1.82) is 0 Å². The highest BCUT2D eigenvalue weighted by atomic mass is 16.6. The first kappa shape index (κ1) is 10.8. The minimum Gasteiger partial charge on any atom is -0.392 e. The Morgan fingerprint density at radius 2 is 2.17 bits per heavy atom. The quantitative estimate of drug-likeness (QED) is 0.607. The summed E-state index contributed by atoms with van der Waals surface area (Å²) in [5.41, 5.74) is 6.41. The maximum atomic E-state index is 12.1. The van der Waals surface area contributed by atoms with Crippen molar-refractivity contribution in [2.75, 3.05) is 5.73 Å². The molecule has 6 heteroatoms. The summed E-state index contributed by atoms with van der Waals surface area (Å²) < 4.78 is 1.47. The van der Waals surface area contributed by atoms with Gasteiger partial charge >= 0.3 is 11.2 Å². The first-order valence-electron chi connectivity index (χ1n) is 5.69. The third-order valence-electron chi connectivity index (χ3n) is 3.39. The van der Waals surface area contributed by atoms with Crippen LogP contribution in [0.1, 0.15) is 12.0 Å². The van der Waals surface area contributed by atoms with Crippen LogP contribution in [0.15, 0.2) is 23.0 Å². The second kappa shape index (κ2) is 3.56. The molecule has 0 saturated carbocycles. The normalized spacial score (nSPS) is 13.8. The topological polar surface area (TPSA) is 91.2 Å². The van der Waals surface area contributed by atoms with Crippen LogP contribution in [0.4, 0.5) is 11.4 Å².